The van der Waals surface area contributed by atoms with Gasteiger partial charge in [0, 0.05) is 44.0 Å². The van der Waals surface area contributed by atoms with Crippen molar-refractivity contribution < 1.29 is 4.79 Å². The topological polar surface area (TPSA) is 23.6 Å². The number of amides is 1. The molecule has 2 aliphatic heterocycles. The van der Waals surface area contributed by atoms with Gasteiger partial charge in [-0.25, -0.2) is 0 Å². The van der Waals surface area contributed by atoms with Crippen LogP contribution in [0.2, 0.25) is 0 Å². The Balaban J connectivity index is 1.60. The number of hydrogen-bond donors (Lipinski definition) is 0. The van der Waals surface area contributed by atoms with E-state index >= 15 is 0 Å². The minimum Gasteiger partial charge on any atom is -0.337 e. The Morgan fingerprint density at radius 3 is 2.60 bits per heavy atom. The molecule has 0 bridgehead atoms. The van der Waals surface area contributed by atoms with Crippen molar-refractivity contribution in [1.29, 1.82) is 0 Å². The molecular weight excluding hydrogens is 316 g/mol. The predicted molar refractivity (Wildman–Crippen MR) is 85.1 cm³/mol. The third-order valence-electron chi connectivity index (χ3n) is 5.59. The fraction of sp³-hybridized carbons (Fsp3) is 0.938. The number of alkyl halides is 1. The molecule has 1 unspecified atom stereocenters. The van der Waals surface area contributed by atoms with E-state index in [4.69, 9.17) is 0 Å². The zero-order chi connectivity index (χ0) is 14.0. The van der Waals surface area contributed by atoms with E-state index in [0.29, 0.717) is 17.4 Å². The van der Waals surface area contributed by atoms with Gasteiger partial charge in [-0.05, 0) is 24.7 Å². The number of carbonyl (C=O) groups is 1. The van der Waals surface area contributed by atoms with E-state index in [-0.39, 0.29) is 0 Å². The van der Waals surface area contributed by atoms with Crippen molar-refractivity contribution in [3.05, 3.63) is 0 Å². The molecule has 0 radical (unpaired) electrons. The summed E-state index contributed by atoms with van der Waals surface area (Å²) in [4.78, 5) is 16.5. The first kappa shape index (κ1) is 14.8. The fourth-order valence-corrected chi connectivity index (χ4v) is 5.10. The molecular formula is C16H27BrN2O. The van der Waals surface area contributed by atoms with E-state index in [1.165, 1.54) is 45.1 Å². The Kier molecular flexibility index (Phi) is 4.71. The van der Waals surface area contributed by atoms with Crippen LogP contribution in [0.4, 0.5) is 0 Å². The molecule has 3 aliphatic rings. The van der Waals surface area contributed by atoms with Crippen LogP contribution in [0.3, 0.4) is 0 Å². The average molecular weight is 343 g/mol. The molecule has 2 heterocycles. The molecule has 0 N–H and O–H groups in total. The lowest BCUT2D eigenvalue weighted by molar-refractivity contribution is -0.130. The summed E-state index contributed by atoms with van der Waals surface area (Å²) in [5.74, 6) is 0.388. The number of nitrogens with zero attached hydrogens (tertiary/aromatic N) is 2. The largest absolute Gasteiger partial charge is 0.337 e. The molecule has 0 aromatic rings. The molecule has 1 aliphatic carbocycles. The second-order valence-corrected chi connectivity index (χ2v) is 7.62. The number of hydrogen-bond acceptors (Lipinski definition) is 2. The molecule has 0 aromatic carbocycles. The molecule has 114 valence electrons. The number of halogens is 1. The normalized spacial score (nSPS) is 31.1. The molecule has 1 atom stereocenters. The molecule has 4 heteroatoms. The molecule has 0 spiro atoms. The Labute approximate surface area is 131 Å². The van der Waals surface area contributed by atoms with Crippen LogP contribution in [0.25, 0.3) is 0 Å². The summed E-state index contributed by atoms with van der Waals surface area (Å²) in [6.07, 6.45) is 10.2. The summed E-state index contributed by atoms with van der Waals surface area (Å²) in [5.41, 5.74) is 0.487. The summed E-state index contributed by atoms with van der Waals surface area (Å²) in [6.45, 7) is 4.39. The van der Waals surface area contributed by atoms with Crippen LogP contribution in [0.5, 0.6) is 0 Å². The van der Waals surface area contributed by atoms with Crippen molar-refractivity contribution in [3.63, 3.8) is 0 Å². The summed E-state index contributed by atoms with van der Waals surface area (Å²) in [6, 6.07) is 0.509. The van der Waals surface area contributed by atoms with Gasteiger partial charge in [-0.2, -0.15) is 0 Å². The molecule has 1 saturated carbocycles. The van der Waals surface area contributed by atoms with Crippen molar-refractivity contribution in [2.45, 2.75) is 57.4 Å². The standard InChI is InChI=1S/C16H27BrN2O/c17-12-16(7-3-1-2-4-8-16)13-18-9-10-19-14(11-18)5-6-15(19)20/h14H,1-13H2. The number of fused-ring (bicyclic) bond motifs is 1. The van der Waals surface area contributed by atoms with Gasteiger partial charge in [0.15, 0.2) is 0 Å². The molecule has 1 amide bonds. The summed E-state index contributed by atoms with van der Waals surface area (Å²) in [5, 5.41) is 1.14. The molecule has 3 fully saturated rings. The molecule has 2 saturated heterocycles. The first-order valence-electron chi connectivity index (χ1n) is 8.30. The van der Waals surface area contributed by atoms with Crippen LogP contribution in [0, 0.1) is 5.41 Å². The fourth-order valence-electron chi connectivity index (χ4n) is 4.36. The van der Waals surface area contributed by atoms with E-state index in [0.717, 1.165) is 37.8 Å². The summed E-state index contributed by atoms with van der Waals surface area (Å²) in [7, 11) is 0. The molecule has 3 nitrogen and oxygen atoms in total. The maximum Gasteiger partial charge on any atom is 0.222 e. The highest BCUT2D eigenvalue weighted by atomic mass is 79.9. The quantitative estimate of drug-likeness (QED) is 0.581. The first-order valence-corrected chi connectivity index (χ1v) is 9.42. The Hall–Kier alpha value is -0.0900. The lowest BCUT2D eigenvalue weighted by atomic mass is 9.81. The zero-order valence-corrected chi connectivity index (χ0v) is 14.0. The Morgan fingerprint density at radius 1 is 1.15 bits per heavy atom. The summed E-state index contributed by atoms with van der Waals surface area (Å²) >= 11 is 3.80. The van der Waals surface area contributed by atoms with Gasteiger partial charge in [-0.1, -0.05) is 41.6 Å². The smallest absolute Gasteiger partial charge is 0.222 e. The Bertz CT molecular complexity index is 352. The van der Waals surface area contributed by atoms with Gasteiger partial charge < -0.3 is 4.90 Å². The van der Waals surface area contributed by atoms with E-state index in [9.17, 15) is 4.79 Å². The van der Waals surface area contributed by atoms with Crippen molar-refractivity contribution in [1.82, 2.24) is 9.80 Å². The van der Waals surface area contributed by atoms with Crippen LogP contribution in [-0.2, 0) is 4.79 Å². The first-order chi connectivity index (χ1) is 9.72. The zero-order valence-electron chi connectivity index (χ0n) is 12.5. The lowest BCUT2D eigenvalue weighted by Crippen LogP contribution is -2.54. The van der Waals surface area contributed by atoms with Gasteiger partial charge in [-0.15, -0.1) is 0 Å². The third-order valence-corrected chi connectivity index (χ3v) is 6.77. The highest BCUT2D eigenvalue weighted by molar-refractivity contribution is 9.09. The van der Waals surface area contributed by atoms with Gasteiger partial charge in [0.05, 0.1) is 0 Å². The molecule has 0 aromatic heterocycles. The molecule has 3 rings (SSSR count). The van der Waals surface area contributed by atoms with E-state index in [2.05, 4.69) is 25.7 Å². The lowest BCUT2D eigenvalue weighted by Gasteiger charge is -2.43. The van der Waals surface area contributed by atoms with Gasteiger partial charge >= 0.3 is 0 Å². The SMILES string of the molecule is O=C1CCC2CN(CC3(CBr)CCCCCC3)CCN12. The third kappa shape index (κ3) is 3.06. The maximum absolute atomic E-state index is 11.8. The second-order valence-electron chi connectivity index (χ2n) is 7.06. The summed E-state index contributed by atoms with van der Waals surface area (Å²) < 4.78 is 0. The van der Waals surface area contributed by atoms with Crippen molar-refractivity contribution in [2.24, 2.45) is 5.41 Å². The van der Waals surface area contributed by atoms with E-state index in [1.54, 1.807) is 0 Å². The number of piperazine rings is 1. The van der Waals surface area contributed by atoms with Crippen LogP contribution in [0.15, 0.2) is 0 Å². The maximum atomic E-state index is 11.8. The Morgan fingerprint density at radius 2 is 1.90 bits per heavy atom. The number of carbonyl (C=O) groups excluding carboxylic acids is 1. The van der Waals surface area contributed by atoms with Crippen LogP contribution >= 0.6 is 15.9 Å². The van der Waals surface area contributed by atoms with Gasteiger partial charge in [0.25, 0.3) is 0 Å². The minimum absolute atomic E-state index is 0.388. The minimum atomic E-state index is 0.388. The van der Waals surface area contributed by atoms with Crippen LogP contribution in [0.1, 0.15) is 51.4 Å². The van der Waals surface area contributed by atoms with Crippen molar-refractivity contribution in [2.75, 3.05) is 31.5 Å². The molecule has 20 heavy (non-hydrogen) atoms. The number of rotatable bonds is 3. The van der Waals surface area contributed by atoms with Crippen LogP contribution in [-0.4, -0.2) is 53.3 Å². The van der Waals surface area contributed by atoms with Gasteiger partial charge in [-0.3, -0.25) is 9.69 Å². The van der Waals surface area contributed by atoms with Gasteiger partial charge in [0.1, 0.15) is 0 Å². The van der Waals surface area contributed by atoms with E-state index < -0.39 is 0 Å². The highest BCUT2D eigenvalue weighted by Crippen LogP contribution is 2.38. The van der Waals surface area contributed by atoms with Crippen LogP contribution < -0.4 is 0 Å². The predicted octanol–water partition coefficient (Wildman–Crippen LogP) is 3.03. The van der Waals surface area contributed by atoms with Crippen molar-refractivity contribution >= 4 is 21.8 Å². The van der Waals surface area contributed by atoms with Gasteiger partial charge in [0.2, 0.25) is 5.91 Å². The average Bonchev–Trinajstić information content (AvgIpc) is 2.69. The highest BCUT2D eigenvalue weighted by Gasteiger charge is 2.38. The van der Waals surface area contributed by atoms with Crippen molar-refractivity contribution in [3.8, 4) is 0 Å². The second kappa shape index (κ2) is 6.35. The monoisotopic (exact) mass is 342 g/mol. The van der Waals surface area contributed by atoms with E-state index in [1.807, 2.05) is 0 Å².